The van der Waals surface area contributed by atoms with Crippen molar-refractivity contribution in [1.82, 2.24) is 4.90 Å². The van der Waals surface area contributed by atoms with Crippen molar-refractivity contribution >= 4 is 27.4 Å². The lowest BCUT2D eigenvalue weighted by Gasteiger charge is -2.31. The Hall–Kier alpha value is -1.39. The second-order valence-electron chi connectivity index (χ2n) is 5.57. The Kier molecular flexibility index (Phi) is 4.03. The van der Waals surface area contributed by atoms with Gasteiger partial charge in [-0.1, -0.05) is 18.2 Å². The third-order valence-electron chi connectivity index (χ3n) is 4.13. The highest BCUT2D eigenvalue weighted by molar-refractivity contribution is 7.17. The molecule has 1 saturated heterocycles. The summed E-state index contributed by atoms with van der Waals surface area (Å²) in [7, 11) is 0. The number of fused-ring (bicyclic) bond motifs is 1. The van der Waals surface area contributed by atoms with Gasteiger partial charge in [-0.2, -0.15) is 0 Å². The summed E-state index contributed by atoms with van der Waals surface area (Å²) >= 11 is 1.81. The van der Waals surface area contributed by atoms with Crippen molar-refractivity contribution in [2.45, 2.75) is 25.8 Å². The van der Waals surface area contributed by atoms with Gasteiger partial charge < -0.3 is 5.11 Å². The zero-order chi connectivity index (χ0) is 13.9. The SMILES string of the molecule is O=C(O)CC1CCN(Cc2csc3ccccc23)CC1. The van der Waals surface area contributed by atoms with Gasteiger partial charge in [0.25, 0.3) is 0 Å². The van der Waals surface area contributed by atoms with Crippen LogP contribution in [0.3, 0.4) is 0 Å². The van der Waals surface area contributed by atoms with Crippen molar-refractivity contribution in [2.24, 2.45) is 5.92 Å². The molecule has 20 heavy (non-hydrogen) atoms. The Morgan fingerprint density at radius 3 is 2.80 bits per heavy atom. The molecule has 2 heterocycles. The molecule has 0 saturated carbocycles. The standard InChI is InChI=1S/C16H19NO2S/c18-16(19)9-12-5-7-17(8-6-12)10-13-11-20-15-4-2-1-3-14(13)15/h1-4,11-12H,5-10H2,(H,18,19). The summed E-state index contributed by atoms with van der Waals surface area (Å²) in [6.45, 7) is 3.02. The first-order valence-electron chi connectivity index (χ1n) is 7.11. The van der Waals surface area contributed by atoms with Gasteiger partial charge in [-0.15, -0.1) is 11.3 Å². The molecule has 1 aromatic heterocycles. The third-order valence-corrected chi connectivity index (χ3v) is 5.14. The van der Waals surface area contributed by atoms with Crippen LogP contribution in [0.15, 0.2) is 29.6 Å². The van der Waals surface area contributed by atoms with Crippen molar-refractivity contribution in [3.8, 4) is 0 Å². The number of hydrogen-bond acceptors (Lipinski definition) is 3. The fraction of sp³-hybridized carbons (Fsp3) is 0.438. The quantitative estimate of drug-likeness (QED) is 0.935. The van der Waals surface area contributed by atoms with Gasteiger partial charge in [0.05, 0.1) is 0 Å². The van der Waals surface area contributed by atoms with Gasteiger partial charge in [-0.05, 0) is 54.2 Å². The predicted molar refractivity (Wildman–Crippen MR) is 82.1 cm³/mol. The molecule has 0 spiro atoms. The van der Waals surface area contributed by atoms with Crippen LogP contribution in [-0.4, -0.2) is 29.1 Å². The van der Waals surface area contributed by atoms with Crippen molar-refractivity contribution in [3.05, 3.63) is 35.2 Å². The Morgan fingerprint density at radius 2 is 2.05 bits per heavy atom. The van der Waals surface area contributed by atoms with Crippen molar-refractivity contribution in [1.29, 1.82) is 0 Å². The van der Waals surface area contributed by atoms with Crippen LogP contribution in [0.25, 0.3) is 10.1 Å². The Bertz CT molecular complexity index is 599. The summed E-state index contributed by atoms with van der Waals surface area (Å²) in [5, 5.41) is 12.5. The molecule has 1 aromatic carbocycles. The highest BCUT2D eigenvalue weighted by Crippen LogP contribution is 2.28. The number of likely N-dealkylation sites (tertiary alicyclic amines) is 1. The largest absolute Gasteiger partial charge is 0.481 e. The lowest BCUT2D eigenvalue weighted by atomic mass is 9.93. The van der Waals surface area contributed by atoms with Gasteiger partial charge in [0.2, 0.25) is 0 Å². The Balaban J connectivity index is 1.61. The second kappa shape index (κ2) is 5.94. The average Bonchev–Trinajstić information content (AvgIpc) is 2.84. The molecule has 0 radical (unpaired) electrons. The Labute approximate surface area is 122 Å². The lowest BCUT2D eigenvalue weighted by Crippen LogP contribution is -2.33. The van der Waals surface area contributed by atoms with E-state index in [9.17, 15) is 4.79 Å². The van der Waals surface area contributed by atoms with E-state index in [0.29, 0.717) is 12.3 Å². The number of thiophene rings is 1. The van der Waals surface area contributed by atoms with E-state index in [4.69, 9.17) is 5.11 Å². The molecule has 1 aliphatic heterocycles. The van der Waals surface area contributed by atoms with E-state index in [1.54, 1.807) is 0 Å². The molecule has 2 aromatic rings. The number of carboxylic acid groups (broad SMARTS) is 1. The maximum absolute atomic E-state index is 10.7. The van der Waals surface area contributed by atoms with E-state index in [2.05, 4.69) is 34.5 Å². The van der Waals surface area contributed by atoms with Crippen LogP contribution in [0.1, 0.15) is 24.8 Å². The van der Waals surface area contributed by atoms with Gasteiger partial charge in [0, 0.05) is 17.7 Å². The summed E-state index contributed by atoms with van der Waals surface area (Å²) in [6.07, 6.45) is 2.35. The van der Waals surface area contributed by atoms with E-state index in [1.165, 1.54) is 15.6 Å². The van der Waals surface area contributed by atoms with E-state index >= 15 is 0 Å². The highest BCUT2D eigenvalue weighted by Gasteiger charge is 2.21. The molecule has 1 aliphatic rings. The number of hydrogen-bond donors (Lipinski definition) is 1. The molecular weight excluding hydrogens is 270 g/mol. The molecule has 0 amide bonds. The van der Waals surface area contributed by atoms with Crippen LogP contribution in [-0.2, 0) is 11.3 Å². The van der Waals surface area contributed by atoms with Gasteiger partial charge >= 0.3 is 5.97 Å². The van der Waals surface area contributed by atoms with Gasteiger partial charge in [0.1, 0.15) is 0 Å². The average molecular weight is 289 g/mol. The minimum atomic E-state index is -0.660. The molecule has 3 nitrogen and oxygen atoms in total. The van der Waals surface area contributed by atoms with Gasteiger partial charge in [0.15, 0.2) is 0 Å². The minimum Gasteiger partial charge on any atom is -0.481 e. The van der Waals surface area contributed by atoms with Crippen molar-refractivity contribution in [2.75, 3.05) is 13.1 Å². The van der Waals surface area contributed by atoms with Gasteiger partial charge in [-0.3, -0.25) is 9.69 Å². The smallest absolute Gasteiger partial charge is 0.303 e. The predicted octanol–water partition coefficient (Wildman–Crippen LogP) is 3.59. The number of rotatable bonds is 4. The number of aliphatic carboxylic acids is 1. The first-order chi connectivity index (χ1) is 9.72. The molecule has 0 unspecified atom stereocenters. The van der Waals surface area contributed by atoms with E-state index in [0.717, 1.165) is 32.5 Å². The topological polar surface area (TPSA) is 40.5 Å². The molecule has 106 valence electrons. The zero-order valence-electron chi connectivity index (χ0n) is 11.4. The van der Waals surface area contributed by atoms with Crippen LogP contribution in [0.2, 0.25) is 0 Å². The molecular formula is C16H19NO2S. The number of nitrogens with zero attached hydrogens (tertiary/aromatic N) is 1. The molecule has 1 N–H and O–H groups in total. The van der Waals surface area contributed by atoms with E-state index in [-0.39, 0.29) is 0 Å². The first-order valence-corrected chi connectivity index (χ1v) is 7.99. The minimum absolute atomic E-state index is 0.329. The van der Waals surface area contributed by atoms with Crippen LogP contribution < -0.4 is 0 Å². The summed E-state index contributed by atoms with van der Waals surface area (Å²) in [5.41, 5.74) is 1.40. The van der Waals surface area contributed by atoms with Crippen LogP contribution in [0, 0.1) is 5.92 Å². The number of carbonyl (C=O) groups is 1. The summed E-state index contributed by atoms with van der Waals surface area (Å²) in [4.78, 5) is 13.2. The van der Waals surface area contributed by atoms with Gasteiger partial charge in [-0.25, -0.2) is 0 Å². The van der Waals surface area contributed by atoms with Crippen LogP contribution in [0.4, 0.5) is 0 Å². The molecule has 4 heteroatoms. The first kappa shape index (κ1) is 13.6. The highest BCUT2D eigenvalue weighted by atomic mass is 32.1. The zero-order valence-corrected chi connectivity index (χ0v) is 12.2. The van der Waals surface area contributed by atoms with Crippen molar-refractivity contribution < 1.29 is 9.90 Å². The summed E-state index contributed by atoms with van der Waals surface area (Å²) < 4.78 is 1.35. The number of carboxylic acids is 1. The fourth-order valence-corrected chi connectivity index (χ4v) is 3.95. The molecule has 0 aliphatic carbocycles. The molecule has 0 bridgehead atoms. The fourth-order valence-electron chi connectivity index (χ4n) is 2.99. The maximum Gasteiger partial charge on any atom is 0.303 e. The lowest BCUT2D eigenvalue weighted by molar-refractivity contribution is -0.138. The molecule has 3 rings (SSSR count). The maximum atomic E-state index is 10.7. The van der Waals surface area contributed by atoms with Crippen molar-refractivity contribution in [3.63, 3.8) is 0 Å². The number of piperidine rings is 1. The molecule has 1 fully saturated rings. The molecule has 0 atom stereocenters. The second-order valence-corrected chi connectivity index (χ2v) is 6.49. The third kappa shape index (κ3) is 3.02. The summed E-state index contributed by atoms with van der Waals surface area (Å²) in [6, 6.07) is 8.54. The normalized spacial score (nSPS) is 17.6. The van der Waals surface area contributed by atoms with E-state index in [1.807, 2.05) is 11.3 Å². The summed E-state index contributed by atoms with van der Waals surface area (Å²) in [5.74, 6) is -0.296. The number of benzene rings is 1. The Morgan fingerprint density at radius 1 is 1.30 bits per heavy atom. The van der Waals surface area contributed by atoms with Crippen LogP contribution >= 0.6 is 11.3 Å². The monoisotopic (exact) mass is 289 g/mol. The van der Waals surface area contributed by atoms with E-state index < -0.39 is 5.97 Å². The van der Waals surface area contributed by atoms with Crippen LogP contribution in [0.5, 0.6) is 0 Å².